The van der Waals surface area contributed by atoms with E-state index in [1.807, 2.05) is 0 Å². The maximum absolute atomic E-state index is 12.9. The molecule has 0 aliphatic carbocycles. The van der Waals surface area contributed by atoms with E-state index in [2.05, 4.69) is 10.3 Å². The summed E-state index contributed by atoms with van der Waals surface area (Å²) in [6, 6.07) is 11.3. The van der Waals surface area contributed by atoms with Gasteiger partial charge in [0.15, 0.2) is 0 Å². The molecular weight excluding hydrogens is 302 g/mol. The van der Waals surface area contributed by atoms with Gasteiger partial charge in [0.25, 0.3) is 0 Å². The fourth-order valence-corrected chi connectivity index (χ4v) is 2.21. The molecule has 0 saturated heterocycles. The summed E-state index contributed by atoms with van der Waals surface area (Å²) in [4.78, 5) is 0. The fraction of sp³-hybridized carbons (Fsp3) is 0.176. The van der Waals surface area contributed by atoms with E-state index in [1.54, 1.807) is 0 Å². The Kier molecular flexibility index (Phi) is 5.80. The van der Waals surface area contributed by atoms with Crippen LogP contribution in [0.5, 0.6) is 0 Å². The second-order valence-electron chi connectivity index (χ2n) is 4.96. The van der Waals surface area contributed by atoms with Gasteiger partial charge in [-0.3, -0.25) is 0 Å². The first-order valence-electron chi connectivity index (χ1n) is 7.08. The molecule has 0 aliphatic rings. The molecule has 0 fully saturated rings. The van der Waals surface area contributed by atoms with Crippen molar-refractivity contribution in [2.24, 2.45) is 10.3 Å². The highest BCUT2D eigenvalue weighted by Crippen LogP contribution is 2.13. The molecule has 120 valence electrons. The normalized spacial score (nSPS) is 12.4. The zero-order valence-electron chi connectivity index (χ0n) is 12.3. The van der Waals surface area contributed by atoms with E-state index in [4.69, 9.17) is 10.4 Å². The highest BCUT2D eigenvalue weighted by Gasteiger charge is 2.09. The van der Waals surface area contributed by atoms with E-state index in [1.165, 1.54) is 48.5 Å². The first kappa shape index (κ1) is 16.6. The molecular formula is C17H16F2N2O2. The lowest BCUT2D eigenvalue weighted by Gasteiger charge is -2.07. The Morgan fingerprint density at radius 1 is 0.696 bits per heavy atom. The van der Waals surface area contributed by atoms with Crippen molar-refractivity contribution >= 4 is 11.4 Å². The Bertz CT molecular complexity index is 634. The van der Waals surface area contributed by atoms with Crippen molar-refractivity contribution in [3.8, 4) is 0 Å². The number of hydrogen-bond acceptors (Lipinski definition) is 4. The van der Waals surface area contributed by atoms with Crippen molar-refractivity contribution < 1.29 is 19.2 Å². The molecule has 0 spiro atoms. The van der Waals surface area contributed by atoms with Gasteiger partial charge in [0.05, 0.1) is 11.4 Å². The number of rotatable bonds is 6. The predicted molar refractivity (Wildman–Crippen MR) is 83.3 cm³/mol. The highest BCUT2D eigenvalue weighted by atomic mass is 19.1. The van der Waals surface area contributed by atoms with Gasteiger partial charge in [0.1, 0.15) is 11.6 Å². The van der Waals surface area contributed by atoms with Crippen molar-refractivity contribution in [2.75, 3.05) is 0 Å². The second-order valence-corrected chi connectivity index (χ2v) is 4.96. The maximum Gasteiger partial charge on any atom is 0.123 e. The molecule has 0 atom stereocenters. The van der Waals surface area contributed by atoms with Gasteiger partial charge in [0.2, 0.25) is 0 Å². The molecule has 0 aliphatic heterocycles. The standard InChI is InChI=1S/C17H16F2N2O2/c18-14-8-4-12(5-9-14)16(20-22)2-1-3-17(21-23)13-6-10-15(19)11-7-13/h4-11,22-23H,1-3H2. The lowest BCUT2D eigenvalue weighted by molar-refractivity contribution is 0.317. The summed E-state index contributed by atoms with van der Waals surface area (Å²) in [5.41, 5.74) is 2.08. The predicted octanol–water partition coefficient (Wildman–Crippen LogP) is 4.19. The first-order chi connectivity index (χ1) is 11.1. The van der Waals surface area contributed by atoms with Crippen LogP contribution in [-0.4, -0.2) is 21.8 Å². The lowest BCUT2D eigenvalue weighted by Crippen LogP contribution is -2.05. The third-order valence-corrected chi connectivity index (χ3v) is 3.42. The minimum Gasteiger partial charge on any atom is -0.411 e. The average molecular weight is 318 g/mol. The molecule has 0 saturated carbocycles. The van der Waals surface area contributed by atoms with Crippen molar-refractivity contribution in [2.45, 2.75) is 19.3 Å². The summed E-state index contributed by atoms with van der Waals surface area (Å²) >= 11 is 0. The summed E-state index contributed by atoms with van der Waals surface area (Å²) in [5.74, 6) is -0.728. The number of benzene rings is 2. The van der Waals surface area contributed by atoms with Gasteiger partial charge in [0, 0.05) is 0 Å². The summed E-state index contributed by atoms with van der Waals surface area (Å²) in [5, 5.41) is 24.7. The second kappa shape index (κ2) is 8.03. The number of nitrogens with zero attached hydrogens (tertiary/aromatic N) is 2. The van der Waals surface area contributed by atoms with Crippen LogP contribution in [0.1, 0.15) is 30.4 Å². The number of halogens is 2. The maximum atomic E-state index is 12.9. The molecule has 2 N–H and O–H groups in total. The Labute approximate surface area is 132 Å². The van der Waals surface area contributed by atoms with E-state index < -0.39 is 0 Å². The molecule has 0 amide bonds. The largest absolute Gasteiger partial charge is 0.411 e. The van der Waals surface area contributed by atoms with Crippen LogP contribution in [-0.2, 0) is 0 Å². The Balaban J connectivity index is 1.96. The van der Waals surface area contributed by atoms with Crippen molar-refractivity contribution in [1.82, 2.24) is 0 Å². The molecule has 6 heteroatoms. The quantitative estimate of drug-likeness (QED) is 0.476. The number of hydrogen-bond donors (Lipinski definition) is 2. The van der Waals surface area contributed by atoms with Crippen LogP contribution in [0.2, 0.25) is 0 Å². The van der Waals surface area contributed by atoms with E-state index in [-0.39, 0.29) is 11.6 Å². The third-order valence-electron chi connectivity index (χ3n) is 3.42. The molecule has 2 rings (SSSR count). The Hall–Kier alpha value is -2.76. The van der Waals surface area contributed by atoms with Gasteiger partial charge in [-0.15, -0.1) is 0 Å². The SMILES string of the molecule is ON=C(CCCC(=NO)c1ccc(F)cc1)c1ccc(F)cc1. The lowest BCUT2D eigenvalue weighted by atomic mass is 10.0. The fourth-order valence-electron chi connectivity index (χ4n) is 2.21. The highest BCUT2D eigenvalue weighted by molar-refractivity contribution is 6.02. The summed E-state index contributed by atoms with van der Waals surface area (Å²) in [7, 11) is 0. The molecule has 0 unspecified atom stereocenters. The van der Waals surface area contributed by atoms with E-state index in [0.717, 1.165) is 0 Å². The van der Waals surface area contributed by atoms with E-state index >= 15 is 0 Å². The molecule has 0 aromatic heterocycles. The monoisotopic (exact) mass is 318 g/mol. The van der Waals surface area contributed by atoms with Gasteiger partial charge in [-0.05, 0) is 54.7 Å². The van der Waals surface area contributed by atoms with Crippen LogP contribution in [0.25, 0.3) is 0 Å². The van der Waals surface area contributed by atoms with Crippen LogP contribution >= 0.6 is 0 Å². The van der Waals surface area contributed by atoms with Crippen LogP contribution in [0.3, 0.4) is 0 Å². The van der Waals surface area contributed by atoms with Crippen molar-refractivity contribution in [3.63, 3.8) is 0 Å². The topological polar surface area (TPSA) is 65.2 Å². The van der Waals surface area contributed by atoms with Crippen LogP contribution in [0.15, 0.2) is 58.8 Å². The van der Waals surface area contributed by atoms with E-state index in [0.29, 0.717) is 41.8 Å². The number of oxime groups is 2. The minimum atomic E-state index is -0.364. The van der Waals surface area contributed by atoms with Crippen LogP contribution in [0, 0.1) is 11.6 Å². The van der Waals surface area contributed by atoms with Crippen LogP contribution in [0.4, 0.5) is 8.78 Å². The summed E-state index contributed by atoms with van der Waals surface area (Å²) < 4.78 is 25.8. The summed E-state index contributed by atoms with van der Waals surface area (Å²) in [6.07, 6.45) is 1.39. The Morgan fingerprint density at radius 2 is 1.04 bits per heavy atom. The first-order valence-corrected chi connectivity index (χ1v) is 7.08. The van der Waals surface area contributed by atoms with Gasteiger partial charge >= 0.3 is 0 Å². The minimum absolute atomic E-state index is 0.364. The third kappa shape index (κ3) is 4.60. The average Bonchev–Trinajstić information content (AvgIpc) is 2.57. The summed E-state index contributed by atoms with van der Waals surface area (Å²) in [6.45, 7) is 0. The van der Waals surface area contributed by atoms with Gasteiger partial charge in [-0.1, -0.05) is 34.6 Å². The smallest absolute Gasteiger partial charge is 0.123 e. The molecule has 2 aromatic carbocycles. The Morgan fingerprint density at radius 3 is 1.35 bits per heavy atom. The molecule has 0 bridgehead atoms. The van der Waals surface area contributed by atoms with Crippen molar-refractivity contribution in [1.29, 1.82) is 0 Å². The van der Waals surface area contributed by atoms with Gasteiger partial charge in [-0.25, -0.2) is 8.78 Å². The molecule has 4 nitrogen and oxygen atoms in total. The zero-order chi connectivity index (χ0) is 16.7. The molecule has 23 heavy (non-hydrogen) atoms. The molecule has 2 aromatic rings. The van der Waals surface area contributed by atoms with Crippen molar-refractivity contribution in [3.05, 3.63) is 71.3 Å². The van der Waals surface area contributed by atoms with Gasteiger partial charge in [-0.2, -0.15) is 0 Å². The molecule has 0 heterocycles. The van der Waals surface area contributed by atoms with Crippen LogP contribution < -0.4 is 0 Å². The van der Waals surface area contributed by atoms with E-state index in [9.17, 15) is 8.78 Å². The molecule has 0 radical (unpaired) electrons. The van der Waals surface area contributed by atoms with Gasteiger partial charge < -0.3 is 10.4 Å². The zero-order valence-corrected chi connectivity index (χ0v) is 12.3.